The molecule has 1 saturated carbocycles. The summed E-state index contributed by atoms with van der Waals surface area (Å²) in [5.74, 6) is 2.23. The van der Waals surface area contributed by atoms with Gasteiger partial charge in [-0.3, -0.25) is 4.79 Å². The fraction of sp³-hybridized carbons (Fsp3) is 0.500. The lowest BCUT2D eigenvalue weighted by atomic mass is 9.92. The number of anilines is 2. The minimum absolute atomic E-state index is 0.112. The van der Waals surface area contributed by atoms with E-state index in [-0.39, 0.29) is 11.1 Å². The van der Waals surface area contributed by atoms with Crippen LogP contribution >= 0.6 is 11.6 Å². The largest absolute Gasteiger partial charge is 0.497 e. The van der Waals surface area contributed by atoms with Crippen LogP contribution in [0.2, 0.25) is 5.15 Å². The van der Waals surface area contributed by atoms with Crippen molar-refractivity contribution in [3.63, 3.8) is 0 Å². The van der Waals surface area contributed by atoms with Crippen LogP contribution < -0.4 is 19.9 Å². The smallest absolute Gasteiger partial charge is 0.294 e. The molecule has 1 aromatic carbocycles. The second-order valence-electron chi connectivity index (χ2n) is 7.38. The second kappa shape index (κ2) is 6.75. The van der Waals surface area contributed by atoms with Gasteiger partial charge in [-0.05, 0) is 44.2 Å². The van der Waals surface area contributed by atoms with E-state index >= 15 is 0 Å². The van der Waals surface area contributed by atoms with Crippen LogP contribution in [0.5, 0.6) is 11.5 Å². The number of halogens is 1. The minimum atomic E-state index is -0.243. The summed E-state index contributed by atoms with van der Waals surface area (Å²) in [6.45, 7) is 5.26. The van der Waals surface area contributed by atoms with E-state index in [0.717, 1.165) is 24.9 Å². The normalized spacial score (nSPS) is 18.4. The summed E-state index contributed by atoms with van der Waals surface area (Å²) in [6.07, 6.45) is 4.84. The highest BCUT2D eigenvalue weighted by atomic mass is 35.5. The number of aromatic nitrogens is 2. The van der Waals surface area contributed by atoms with Crippen molar-refractivity contribution >= 4 is 23.1 Å². The van der Waals surface area contributed by atoms with Crippen LogP contribution in [0.3, 0.4) is 0 Å². The molecule has 6 nitrogen and oxygen atoms in total. The topological polar surface area (TPSA) is 56.6 Å². The standard InChI is InChI=1S/C20H24ClN3O3/c1-4-20(2,13-5-6-13)24-12-17(21)22-18(19(24)25)23-9-10-27-16-11-14(26-3)7-8-15(16)23/h7-8,11-13H,4-6,9-10H2,1-3H3/t20-/m1/s1. The van der Waals surface area contributed by atoms with Crippen molar-refractivity contribution in [2.45, 2.75) is 38.6 Å². The van der Waals surface area contributed by atoms with Gasteiger partial charge in [0, 0.05) is 17.8 Å². The first kappa shape index (κ1) is 18.2. The van der Waals surface area contributed by atoms with E-state index in [2.05, 4.69) is 18.8 Å². The van der Waals surface area contributed by atoms with Crippen molar-refractivity contribution in [1.82, 2.24) is 9.55 Å². The van der Waals surface area contributed by atoms with Gasteiger partial charge in [0.25, 0.3) is 5.56 Å². The predicted molar refractivity (Wildman–Crippen MR) is 106 cm³/mol. The highest BCUT2D eigenvalue weighted by molar-refractivity contribution is 6.29. The van der Waals surface area contributed by atoms with Crippen molar-refractivity contribution in [2.24, 2.45) is 5.92 Å². The molecule has 0 radical (unpaired) electrons. The Hall–Kier alpha value is -2.21. The van der Waals surface area contributed by atoms with Crippen LogP contribution in [-0.4, -0.2) is 29.8 Å². The second-order valence-corrected chi connectivity index (χ2v) is 7.77. The molecule has 7 heteroatoms. The quantitative estimate of drug-likeness (QED) is 0.774. The molecule has 0 N–H and O–H groups in total. The van der Waals surface area contributed by atoms with E-state index in [9.17, 15) is 4.79 Å². The van der Waals surface area contributed by atoms with Crippen LogP contribution in [0.1, 0.15) is 33.1 Å². The molecule has 2 heterocycles. The summed E-state index contributed by atoms with van der Waals surface area (Å²) >= 11 is 6.36. The highest BCUT2D eigenvalue weighted by Gasteiger charge is 2.43. The van der Waals surface area contributed by atoms with Gasteiger partial charge in [0.1, 0.15) is 23.3 Å². The molecule has 1 atom stereocenters. The zero-order valence-corrected chi connectivity index (χ0v) is 16.6. The summed E-state index contributed by atoms with van der Waals surface area (Å²) < 4.78 is 12.8. The molecule has 0 saturated heterocycles. The number of methoxy groups -OCH3 is 1. The molecule has 1 aliphatic carbocycles. The average molecular weight is 390 g/mol. The summed E-state index contributed by atoms with van der Waals surface area (Å²) in [6, 6.07) is 5.56. The van der Waals surface area contributed by atoms with E-state index in [1.807, 2.05) is 23.1 Å². The minimum Gasteiger partial charge on any atom is -0.497 e. The lowest BCUT2D eigenvalue weighted by molar-refractivity contribution is 0.251. The molecule has 144 valence electrons. The van der Waals surface area contributed by atoms with E-state index in [1.54, 1.807) is 17.9 Å². The summed E-state index contributed by atoms with van der Waals surface area (Å²) in [4.78, 5) is 19.7. The van der Waals surface area contributed by atoms with Gasteiger partial charge in [0.05, 0.1) is 19.3 Å². The van der Waals surface area contributed by atoms with Crippen molar-refractivity contribution in [2.75, 3.05) is 25.2 Å². The van der Waals surface area contributed by atoms with Crippen LogP contribution in [0.25, 0.3) is 0 Å². The highest BCUT2D eigenvalue weighted by Crippen LogP contribution is 2.46. The maximum Gasteiger partial charge on any atom is 0.294 e. The van der Waals surface area contributed by atoms with Crippen molar-refractivity contribution in [1.29, 1.82) is 0 Å². The van der Waals surface area contributed by atoms with Gasteiger partial charge < -0.3 is 18.9 Å². The molecule has 1 aliphatic heterocycles. The SMILES string of the molecule is CC[C@](C)(C1CC1)n1cc(Cl)nc(N2CCOc3cc(OC)ccc32)c1=O. The first-order valence-electron chi connectivity index (χ1n) is 9.36. The molecule has 1 fully saturated rings. The summed E-state index contributed by atoms with van der Waals surface area (Å²) in [7, 11) is 1.61. The molecule has 0 unspecified atom stereocenters. The molecule has 2 aliphatic rings. The van der Waals surface area contributed by atoms with Gasteiger partial charge in [0.15, 0.2) is 0 Å². The number of ether oxygens (including phenoxy) is 2. The molecular weight excluding hydrogens is 366 g/mol. The molecule has 1 aromatic heterocycles. The van der Waals surface area contributed by atoms with Gasteiger partial charge in [-0.1, -0.05) is 18.5 Å². The van der Waals surface area contributed by atoms with Crippen molar-refractivity contribution in [3.8, 4) is 11.5 Å². The first-order chi connectivity index (χ1) is 13.0. The number of nitrogens with zero attached hydrogens (tertiary/aromatic N) is 3. The Morgan fingerprint density at radius 1 is 1.41 bits per heavy atom. The molecule has 2 aromatic rings. The van der Waals surface area contributed by atoms with Crippen LogP contribution in [-0.2, 0) is 5.54 Å². The molecular formula is C20H24ClN3O3. The van der Waals surface area contributed by atoms with Gasteiger partial charge in [0.2, 0.25) is 5.82 Å². The molecule has 0 spiro atoms. The Bertz CT molecular complexity index is 925. The third kappa shape index (κ3) is 3.06. The van der Waals surface area contributed by atoms with Crippen LogP contribution in [0.15, 0.2) is 29.2 Å². The number of hydrogen-bond donors (Lipinski definition) is 0. The molecule has 4 rings (SSSR count). The molecule has 27 heavy (non-hydrogen) atoms. The van der Waals surface area contributed by atoms with E-state index in [0.29, 0.717) is 41.5 Å². The van der Waals surface area contributed by atoms with E-state index < -0.39 is 0 Å². The number of hydrogen-bond acceptors (Lipinski definition) is 5. The van der Waals surface area contributed by atoms with Crippen LogP contribution in [0, 0.1) is 5.92 Å². The van der Waals surface area contributed by atoms with Crippen molar-refractivity contribution in [3.05, 3.63) is 39.9 Å². The Balaban J connectivity index is 1.83. The molecule has 0 amide bonds. The Morgan fingerprint density at radius 2 is 2.19 bits per heavy atom. The number of fused-ring (bicyclic) bond motifs is 1. The predicted octanol–water partition coefficient (Wildman–Crippen LogP) is 3.97. The summed E-state index contributed by atoms with van der Waals surface area (Å²) in [5.41, 5.74) is 0.442. The average Bonchev–Trinajstić information content (AvgIpc) is 3.53. The van der Waals surface area contributed by atoms with E-state index in [1.165, 1.54) is 0 Å². The monoisotopic (exact) mass is 389 g/mol. The van der Waals surface area contributed by atoms with Gasteiger partial charge >= 0.3 is 0 Å². The number of benzene rings is 1. The number of rotatable bonds is 5. The fourth-order valence-corrected chi connectivity index (χ4v) is 4.09. The summed E-state index contributed by atoms with van der Waals surface area (Å²) in [5, 5.41) is 0.325. The fourth-order valence-electron chi connectivity index (χ4n) is 3.91. The van der Waals surface area contributed by atoms with Crippen LogP contribution in [0.4, 0.5) is 11.5 Å². The third-order valence-corrected chi connectivity index (χ3v) is 6.05. The van der Waals surface area contributed by atoms with Gasteiger partial charge in [-0.15, -0.1) is 0 Å². The zero-order chi connectivity index (χ0) is 19.2. The van der Waals surface area contributed by atoms with Gasteiger partial charge in [-0.25, -0.2) is 4.98 Å². The maximum atomic E-state index is 13.4. The third-order valence-electron chi connectivity index (χ3n) is 5.87. The lowest BCUT2D eigenvalue weighted by Gasteiger charge is -2.34. The zero-order valence-electron chi connectivity index (χ0n) is 15.9. The molecule has 0 bridgehead atoms. The first-order valence-corrected chi connectivity index (χ1v) is 9.73. The van der Waals surface area contributed by atoms with Gasteiger partial charge in [-0.2, -0.15) is 0 Å². The lowest BCUT2D eigenvalue weighted by Crippen LogP contribution is -2.43. The Morgan fingerprint density at radius 3 is 2.85 bits per heavy atom. The Labute approximate surface area is 163 Å². The maximum absolute atomic E-state index is 13.4. The van der Waals surface area contributed by atoms with Crippen molar-refractivity contribution < 1.29 is 9.47 Å². The Kier molecular flexibility index (Phi) is 4.54. The van der Waals surface area contributed by atoms with E-state index in [4.69, 9.17) is 21.1 Å².